The third kappa shape index (κ3) is 2.22. The van der Waals surface area contributed by atoms with Crippen LogP contribution in [0.25, 0.3) is 10.8 Å². The lowest BCUT2D eigenvalue weighted by atomic mass is 10.0. The molecule has 3 heteroatoms. The van der Waals surface area contributed by atoms with Crippen molar-refractivity contribution in [3.05, 3.63) is 48.0 Å². The van der Waals surface area contributed by atoms with Gasteiger partial charge in [-0.3, -0.25) is 4.79 Å². The van der Waals surface area contributed by atoms with E-state index in [1.54, 1.807) is 0 Å². The topological polar surface area (TPSA) is 55.1 Å². The summed E-state index contributed by atoms with van der Waals surface area (Å²) in [7, 11) is 0. The zero-order valence-electron chi connectivity index (χ0n) is 10.9. The van der Waals surface area contributed by atoms with Gasteiger partial charge < -0.3 is 11.1 Å². The van der Waals surface area contributed by atoms with Crippen LogP contribution in [0, 0.1) is 5.41 Å². The molecule has 2 aromatic carbocycles. The molecule has 0 radical (unpaired) electrons. The van der Waals surface area contributed by atoms with E-state index in [0.29, 0.717) is 13.1 Å². The number of carbonyl (C=O) groups excluding carboxylic acids is 1. The monoisotopic (exact) mass is 254 g/mol. The van der Waals surface area contributed by atoms with Gasteiger partial charge >= 0.3 is 0 Å². The van der Waals surface area contributed by atoms with Crippen molar-refractivity contribution >= 4 is 16.7 Å². The van der Waals surface area contributed by atoms with Gasteiger partial charge in [-0.1, -0.05) is 42.5 Å². The molecule has 0 aliphatic heterocycles. The van der Waals surface area contributed by atoms with Crippen molar-refractivity contribution in [2.45, 2.75) is 19.4 Å². The highest BCUT2D eigenvalue weighted by Gasteiger charge is 2.48. The smallest absolute Gasteiger partial charge is 0.227 e. The van der Waals surface area contributed by atoms with Crippen LogP contribution in [0.5, 0.6) is 0 Å². The molecule has 0 aromatic heterocycles. The summed E-state index contributed by atoms with van der Waals surface area (Å²) in [6, 6.07) is 14.4. The van der Waals surface area contributed by atoms with Crippen LogP contribution in [0.1, 0.15) is 18.4 Å². The molecular weight excluding hydrogens is 236 g/mol. The lowest BCUT2D eigenvalue weighted by Crippen LogP contribution is -2.36. The van der Waals surface area contributed by atoms with Crippen LogP contribution < -0.4 is 11.1 Å². The normalized spacial score (nSPS) is 16.3. The SMILES string of the molecule is NCC1(C(=O)NCc2cccc3ccccc23)CC1. The Hall–Kier alpha value is -1.87. The Morgan fingerprint density at radius 3 is 2.63 bits per heavy atom. The number of rotatable bonds is 4. The van der Waals surface area contributed by atoms with Gasteiger partial charge in [0, 0.05) is 13.1 Å². The molecule has 1 aliphatic rings. The molecular formula is C16H18N2O. The molecule has 0 spiro atoms. The Labute approximate surface area is 112 Å². The molecule has 19 heavy (non-hydrogen) atoms. The molecule has 3 N–H and O–H groups in total. The zero-order valence-corrected chi connectivity index (χ0v) is 10.9. The molecule has 0 atom stereocenters. The van der Waals surface area contributed by atoms with Crippen LogP contribution in [0.2, 0.25) is 0 Å². The maximum atomic E-state index is 12.1. The highest BCUT2D eigenvalue weighted by molar-refractivity contribution is 5.88. The molecule has 0 unspecified atom stereocenters. The van der Waals surface area contributed by atoms with Crippen molar-refractivity contribution in [2.24, 2.45) is 11.1 Å². The first-order chi connectivity index (χ1) is 9.25. The summed E-state index contributed by atoms with van der Waals surface area (Å²) < 4.78 is 0. The van der Waals surface area contributed by atoms with E-state index in [1.165, 1.54) is 10.8 Å². The van der Waals surface area contributed by atoms with Gasteiger partial charge in [0.15, 0.2) is 0 Å². The summed E-state index contributed by atoms with van der Waals surface area (Å²) in [4.78, 5) is 12.1. The summed E-state index contributed by atoms with van der Waals surface area (Å²) in [5.41, 5.74) is 6.55. The predicted octanol–water partition coefficient (Wildman–Crippen LogP) is 2.19. The molecule has 3 nitrogen and oxygen atoms in total. The zero-order chi connectivity index (χ0) is 13.3. The largest absolute Gasteiger partial charge is 0.351 e. The van der Waals surface area contributed by atoms with Crippen molar-refractivity contribution in [2.75, 3.05) is 6.54 Å². The van der Waals surface area contributed by atoms with E-state index in [4.69, 9.17) is 5.73 Å². The average Bonchev–Trinajstić information content (AvgIpc) is 3.26. The summed E-state index contributed by atoms with van der Waals surface area (Å²) in [5.74, 6) is 0.0999. The van der Waals surface area contributed by atoms with Gasteiger partial charge in [0.05, 0.1) is 5.41 Å². The number of hydrogen-bond acceptors (Lipinski definition) is 2. The van der Waals surface area contributed by atoms with Crippen molar-refractivity contribution in [3.8, 4) is 0 Å². The van der Waals surface area contributed by atoms with E-state index in [1.807, 2.05) is 18.2 Å². The Morgan fingerprint density at radius 2 is 1.89 bits per heavy atom. The van der Waals surface area contributed by atoms with Crippen LogP contribution in [0.15, 0.2) is 42.5 Å². The molecule has 0 saturated heterocycles. The minimum absolute atomic E-state index is 0.0999. The minimum atomic E-state index is -0.273. The van der Waals surface area contributed by atoms with Gasteiger partial charge in [-0.2, -0.15) is 0 Å². The van der Waals surface area contributed by atoms with E-state index in [0.717, 1.165) is 18.4 Å². The Morgan fingerprint density at radius 1 is 1.16 bits per heavy atom. The first kappa shape index (κ1) is 12.2. The van der Waals surface area contributed by atoms with E-state index in [9.17, 15) is 4.79 Å². The molecule has 1 fully saturated rings. The lowest BCUT2D eigenvalue weighted by Gasteiger charge is -2.13. The fourth-order valence-electron chi connectivity index (χ4n) is 2.48. The number of hydrogen-bond donors (Lipinski definition) is 2. The van der Waals surface area contributed by atoms with Crippen molar-refractivity contribution in [3.63, 3.8) is 0 Å². The Kier molecular flexibility index (Phi) is 2.99. The van der Waals surface area contributed by atoms with Crippen LogP contribution in [-0.2, 0) is 11.3 Å². The van der Waals surface area contributed by atoms with Gasteiger partial charge in [-0.25, -0.2) is 0 Å². The van der Waals surface area contributed by atoms with Gasteiger partial charge in [0.1, 0.15) is 0 Å². The molecule has 0 heterocycles. The number of amides is 1. The summed E-state index contributed by atoms with van der Waals surface area (Å²) in [5, 5.41) is 5.43. The highest BCUT2D eigenvalue weighted by Crippen LogP contribution is 2.44. The third-order valence-corrected chi connectivity index (χ3v) is 4.05. The standard InChI is InChI=1S/C16H18N2O/c17-11-16(8-9-16)15(19)18-10-13-6-3-5-12-4-1-2-7-14(12)13/h1-7H,8-11,17H2,(H,18,19). The van der Waals surface area contributed by atoms with Crippen molar-refractivity contribution < 1.29 is 4.79 Å². The number of benzene rings is 2. The molecule has 98 valence electrons. The number of carbonyl (C=O) groups is 1. The molecule has 3 rings (SSSR count). The second-order valence-corrected chi connectivity index (χ2v) is 5.31. The van der Waals surface area contributed by atoms with Gasteiger partial charge in [0.2, 0.25) is 5.91 Å². The van der Waals surface area contributed by atoms with E-state index < -0.39 is 0 Å². The minimum Gasteiger partial charge on any atom is -0.351 e. The van der Waals surface area contributed by atoms with E-state index in [-0.39, 0.29) is 11.3 Å². The van der Waals surface area contributed by atoms with E-state index >= 15 is 0 Å². The third-order valence-electron chi connectivity index (χ3n) is 4.05. The van der Waals surface area contributed by atoms with Crippen molar-refractivity contribution in [1.29, 1.82) is 0 Å². The van der Waals surface area contributed by atoms with Crippen molar-refractivity contribution in [1.82, 2.24) is 5.32 Å². The first-order valence-electron chi connectivity index (χ1n) is 6.70. The molecule has 1 amide bonds. The Bertz CT molecular complexity index is 612. The Balaban J connectivity index is 1.77. The second-order valence-electron chi connectivity index (χ2n) is 5.31. The maximum absolute atomic E-state index is 12.1. The summed E-state index contributed by atoms with van der Waals surface area (Å²) >= 11 is 0. The van der Waals surface area contributed by atoms with Gasteiger partial charge in [-0.15, -0.1) is 0 Å². The molecule has 1 saturated carbocycles. The molecule has 0 bridgehead atoms. The number of nitrogens with two attached hydrogens (primary N) is 1. The fraction of sp³-hybridized carbons (Fsp3) is 0.312. The first-order valence-corrected chi connectivity index (χ1v) is 6.70. The highest BCUT2D eigenvalue weighted by atomic mass is 16.2. The van der Waals surface area contributed by atoms with E-state index in [2.05, 4.69) is 29.6 Å². The fourth-order valence-corrected chi connectivity index (χ4v) is 2.48. The second kappa shape index (κ2) is 4.67. The molecule has 1 aliphatic carbocycles. The maximum Gasteiger partial charge on any atom is 0.227 e. The average molecular weight is 254 g/mol. The summed E-state index contributed by atoms with van der Waals surface area (Å²) in [6.45, 7) is 1.02. The predicted molar refractivity (Wildman–Crippen MR) is 76.5 cm³/mol. The lowest BCUT2D eigenvalue weighted by molar-refractivity contribution is -0.126. The van der Waals surface area contributed by atoms with Crippen LogP contribution in [0.4, 0.5) is 0 Å². The number of fused-ring (bicyclic) bond motifs is 1. The van der Waals surface area contributed by atoms with Crippen LogP contribution >= 0.6 is 0 Å². The molecule has 2 aromatic rings. The number of nitrogens with one attached hydrogen (secondary N) is 1. The van der Waals surface area contributed by atoms with Crippen LogP contribution in [0.3, 0.4) is 0 Å². The summed E-state index contributed by atoms with van der Waals surface area (Å²) in [6.07, 6.45) is 1.84. The quantitative estimate of drug-likeness (QED) is 0.878. The van der Waals surface area contributed by atoms with Gasteiger partial charge in [0.25, 0.3) is 0 Å². The van der Waals surface area contributed by atoms with Crippen LogP contribution in [-0.4, -0.2) is 12.5 Å². The van der Waals surface area contributed by atoms with Gasteiger partial charge in [-0.05, 0) is 29.2 Å².